The second-order valence-electron chi connectivity index (χ2n) is 4.87. The number of carbonyl (C=O) groups is 2. The second-order valence-corrected chi connectivity index (χ2v) is 4.87. The second kappa shape index (κ2) is 8.43. The molecule has 1 aromatic carbocycles. The van der Waals surface area contributed by atoms with E-state index in [4.69, 9.17) is 0 Å². The molecule has 0 heterocycles. The largest absolute Gasteiger partial charge is 0.469 e. The average Bonchev–Trinajstić information content (AvgIpc) is 2.43. The first-order valence-electron chi connectivity index (χ1n) is 6.10. The zero-order valence-corrected chi connectivity index (χ0v) is 12.8. The molecule has 0 unspecified atom stereocenters. The third-order valence-corrected chi connectivity index (χ3v) is 2.69. The Morgan fingerprint density at radius 1 is 1.20 bits per heavy atom. The Hall–Kier alpha value is -1.75. The van der Waals surface area contributed by atoms with E-state index in [0.29, 0.717) is 0 Å². The molecule has 1 rings (SSSR count). The lowest BCUT2D eigenvalue weighted by Gasteiger charge is -2.21. The molecule has 0 fully saturated rings. The molecular formula is C14H21ClN2O3. The first kappa shape index (κ1) is 18.2. The normalized spacial score (nSPS) is 10.2. The highest BCUT2D eigenvalue weighted by molar-refractivity contribution is 5.85. The molecule has 0 atom stereocenters. The van der Waals surface area contributed by atoms with Crippen molar-refractivity contribution in [1.29, 1.82) is 0 Å². The molecule has 112 valence electrons. The Bertz CT molecular complexity index is 435. The molecule has 20 heavy (non-hydrogen) atoms. The van der Waals surface area contributed by atoms with Gasteiger partial charge < -0.3 is 15.4 Å². The standard InChI is InChI=1S/C14H20N2O3.ClH/c1-14(2,13(18)19-3)10-16-12(17)9-15-11-7-5-4-6-8-11;/h4-8,15H,9-10H2,1-3H3,(H,16,17);1H. The summed E-state index contributed by atoms with van der Waals surface area (Å²) in [5.41, 5.74) is 0.154. The smallest absolute Gasteiger partial charge is 0.313 e. The summed E-state index contributed by atoms with van der Waals surface area (Å²) in [5, 5.41) is 5.70. The van der Waals surface area contributed by atoms with Crippen molar-refractivity contribution in [1.82, 2.24) is 5.32 Å². The van der Waals surface area contributed by atoms with E-state index in [1.807, 2.05) is 30.3 Å². The van der Waals surface area contributed by atoms with E-state index in [1.165, 1.54) is 7.11 Å². The van der Waals surface area contributed by atoms with Crippen LogP contribution in [0.3, 0.4) is 0 Å². The molecule has 2 N–H and O–H groups in total. The summed E-state index contributed by atoms with van der Waals surface area (Å²) in [6.45, 7) is 3.86. The van der Waals surface area contributed by atoms with Crippen molar-refractivity contribution in [2.75, 3.05) is 25.5 Å². The van der Waals surface area contributed by atoms with E-state index >= 15 is 0 Å². The van der Waals surface area contributed by atoms with Gasteiger partial charge >= 0.3 is 5.97 Å². The molecule has 0 aliphatic rings. The number of ether oxygens (including phenoxy) is 1. The van der Waals surface area contributed by atoms with Crippen LogP contribution >= 0.6 is 12.4 Å². The number of methoxy groups -OCH3 is 1. The summed E-state index contributed by atoms with van der Waals surface area (Å²) in [6, 6.07) is 9.45. The van der Waals surface area contributed by atoms with Crippen LogP contribution in [-0.2, 0) is 14.3 Å². The maximum absolute atomic E-state index is 11.6. The van der Waals surface area contributed by atoms with Crippen molar-refractivity contribution in [3.05, 3.63) is 30.3 Å². The first-order valence-corrected chi connectivity index (χ1v) is 6.10. The number of halogens is 1. The number of hydrogen-bond donors (Lipinski definition) is 2. The highest BCUT2D eigenvalue weighted by Gasteiger charge is 2.28. The summed E-state index contributed by atoms with van der Waals surface area (Å²) in [7, 11) is 1.34. The van der Waals surface area contributed by atoms with Crippen LogP contribution in [-0.4, -0.2) is 32.1 Å². The summed E-state index contributed by atoms with van der Waals surface area (Å²) in [5.74, 6) is -0.510. The molecule has 0 aromatic heterocycles. The molecule has 5 nitrogen and oxygen atoms in total. The van der Waals surface area contributed by atoms with Crippen molar-refractivity contribution in [2.24, 2.45) is 5.41 Å². The van der Waals surface area contributed by atoms with Crippen LogP contribution in [0.25, 0.3) is 0 Å². The number of amides is 1. The van der Waals surface area contributed by atoms with Crippen LogP contribution in [0.4, 0.5) is 5.69 Å². The first-order chi connectivity index (χ1) is 8.95. The van der Waals surface area contributed by atoms with E-state index < -0.39 is 5.41 Å². The predicted octanol–water partition coefficient (Wildman–Crippen LogP) is 1.84. The van der Waals surface area contributed by atoms with Crippen molar-refractivity contribution < 1.29 is 14.3 Å². The third-order valence-electron chi connectivity index (χ3n) is 2.69. The van der Waals surface area contributed by atoms with E-state index in [-0.39, 0.29) is 37.4 Å². The minimum atomic E-state index is -0.725. The van der Waals surface area contributed by atoms with Crippen molar-refractivity contribution in [2.45, 2.75) is 13.8 Å². The molecule has 1 amide bonds. The van der Waals surface area contributed by atoms with Gasteiger partial charge in [-0.15, -0.1) is 12.4 Å². The van der Waals surface area contributed by atoms with Gasteiger partial charge in [-0.3, -0.25) is 9.59 Å². The minimum Gasteiger partial charge on any atom is -0.469 e. The van der Waals surface area contributed by atoms with Gasteiger partial charge in [-0.1, -0.05) is 18.2 Å². The van der Waals surface area contributed by atoms with Gasteiger partial charge in [0.2, 0.25) is 5.91 Å². The highest BCUT2D eigenvalue weighted by Crippen LogP contribution is 2.15. The fourth-order valence-corrected chi connectivity index (χ4v) is 1.47. The van der Waals surface area contributed by atoms with Crippen LogP contribution in [0.5, 0.6) is 0 Å². The minimum absolute atomic E-state index is 0. The monoisotopic (exact) mass is 300 g/mol. The van der Waals surface area contributed by atoms with Gasteiger partial charge in [-0.2, -0.15) is 0 Å². The molecule has 0 saturated carbocycles. The number of benzene rings is 1. The number of esters is 1. The number of anilines is 1. The molecular weight excluding hydrogens is 280 g/mol. The lowest BCUT2D eigenvalue weighted by atomic mass is 9.94. The van der Waals surface area contributed by atoms with Crippen LogP contribution in [0.2, 0.25) is 0 Å². The van der Waals surface area contributed by atoms with E-state index in [2.05, 4.69) is 15.4 Å². The van der Waals surface area contributed by atoms with Gasteiger partial charge in [0.15, 0.2) is 0 Å². The van der Waals surface area contributed by atoms with Crippen molar-refractivity contribution in [3.8, 4) is 0 Å². The van der Waals surface area contributed by atoms with Crippen LogP contribution in [0.15, 0.2) is 30.3 Å². The lowest BCUT2D eigenvalue weighted by Crippen LogP contribution is -2.41. The van der Waals surface area contributed by atoms with Crippen molar-refractivity contribution in [3.63, 3.8) is 0 Å². The van der Waals surface area contributed by atoms with Crippen molar-refractivity contribution >= 4 is 30.0 Å². The Morgan fingerprint density at radius 3 is 2.35 bits per heavy atom. The van der Waals surface area contributed by atoms with Crippen LogP contribution in [0.1, 0.15) is 13.8 Å². The third kappa shape index (κ3) is 5.93. The van der Waals surface area contributed by atoms with Gasteiger partial charge in [0.25, 0.3) is 0 Å². The average molecular weight is 301 g/mol. The highest BCUT2D eigenvalue weighted by atomic mass is 35.5. The summed E-state index contributed by atoms with van der Waals surface area (Å²) in [6.07, 6.45) is 0. The SMILES string of the molecule is COC(=O)C(C)(C)CNC(=O)CNc1ccccc1.Cl. The maximum Gasteiger partial charge on any atom is 0.313 e. The molecule has 0 bridgehead atoms. The fraction of sp³-hybridized carbons (Fsp3) is 0.429. The zero-order valence-electron chi connectivity index (χ0n) is 11.9. The van der Waals surface area contributed by atoms with E-state index in [9.17, 15) is 9.59 Å². The summed E-state index contributed by atoms with van der Waals surface area (Å²) >= 11 is 0. The zero-order chi connectivity index (χ0) is 14.3. The van der Waals surface area contributed by atoms with Gasteiger partial charge in [-0.05, 0) is 26.0 Å². The van der Waals surface area contributed by atoms with E-state index in [1.54, 1.807) is 13.8 Å². The summed E-state index contributed by atoms with van der Waals surface area (Å²) < 4.78 is 4.67. The van der Waals surface area contributed by atoms with Gasteiger partial charge in [0, 0.05) is 12.2 Å². The molecule has 0 aliphatic heterocycles. The Labute approximate surface area is 125 Å². The quantitative estimate of drug-likeness (QED) is 0.787. The number of carbonyl (C=O) groups excluding carboxylic acids is 2. The molecule has 6 heteroatoms. The van der Waals surface area contributed by atoms with Gasteiger partial charge in [0.1, 0.15) is 0 Å². The van der Waals surface area contributed by atoms with Crippen LogP contribution < -0.4 is 10.6 Å². The van der Waals surface area contributed by atoms with Gasteiger partial charge in [0.05, 0.1) is 19.1 Å². The van der Waals surface area contributed by atoms with Crippen LogP contribution in [0, 0.1) is 5.41 Å². The Kier molecular flexibility index (Phi) is 7.69. The molecule has 1 aromatic rings. The maximum atomic E-state index is 11.6. The summed E-state index contributed by atoms with van der Waals surface area (Å²) in [4.78, 5) is 23.1. The fourth-order valence-electron chi connectivity index (χ4n) is 1.47. The topological polar surface area (TPSA) is 67.4 Å². The molecule has 0 radical (unpaired) electrons. The molecule has 0 saturated heterocycles. The lowest BCUT2D eigenvalue weighted by molar-refractivity contribution is -0.150. The Balaban J connectivity index is 0.00000361. The Morgan fingerprint density at radius 2 is 1.80 bits per heavy atom. The molecule has 0 spiro atoms. The number of nitrogens with one attached hydrogen (secondary N) is 2. The predicted molar refractivity (Wildman–Crippen MR) is 81.0 cm³/mol. The number of rotatable bonds is 6. The van der Waals surface area contributed by atoms with E-state index in [0.717, 1.165) is 5.69 Å². The number of hydrogen-bond acceptors (Lipinski definition) is 4. The molecule has 0 aliphatic carbocycles. The van der Waals surface area contributed by atoms with Gasteiger partial charge in [-0.25, -0.2) is 0 Å². The number of para-hydroxylation sites is 1.